The van der Waals surface area contributed by atoms with Gasteiger partial charge >= 0.3 is 0 Å². The number of aromatic nitrogens is 3. The summed E-state index contributed by atoms with van der Waals surface area (Å²) in [5.74, 6) is 0.520. The van der Waals surface area contributed by atoms with Crippen LogP contribution >= 0.6 is 0 Å². The molecule has 0 aliphatic carbocycles. The van der Waals surface area contributed by atoms with E-state index in [1.165, 1.54) is 30.6 Å². The Morgan fingerprint density at radius 3 is 2.70 bits per heavy atom. The molecule has 0 saturated heterocycles. The molecule has 8 nitrogen and oxygen atoms in total. The van der Waals surface area contributed by atoms with Crippen LogP contribution in [0.2, 0.25) is 0 Å². The van der Waals surface area contributed by atoms with E-state index in [2.05, 4.69) is 20.5 Å². The van der Waals surface area contributed by atoms with Gasteiger partial charge in [0.2, 0.25) is 0 Å². The molecule has 20 heavy (non-hydrogen) atoms. The van der Waals surface area contributed by atoms with Crippen molar-refractivity contribution < 1.29 is 9.72 Å². The summed E-state index contributed by atoms with van der Waals surface area (Å²) in [6.07, 6.45) is 2.86. The lowest BCUT2D eigenvalue weighted by atomic mass is 10.2. The Labute approximate surface area is 114 Å². The molecule has 0 spiro atoms. The highest BCUT2D eigenvalue weighted by atomic mass is 16.6. The number of carbonyl (C=O) groups is 1. The first-order chi connectivity index (χ1) is 9.66. The van der Waals surface area contributed by atoms with E-state index in [-0.39, 0.29) is 11.6 Å². The van der Waals surface area contributed by atoms with Crippen molar-refractivity contribution in [1.82, 2.24) is 20.5 Å². The van der Waals surface area contributed by atoms with Gasteiger partial charge < -0.3 is 5.32 Å². The molecule has 0 aliphatic heterocycles. The Morgan fingerprint density at radius 2 is 2.10 bits per heavy atom. The molecule has 104 valence electrons. The molecule has 8 heteroatoms. The monoisotopic (exact) mass is 275 g/mol. The minimum absolute atomic E-state index is 0.0353. The van der Waals surface area contributed by atoms with E-state index in [0.29, 0.717) is 18.5 Å². The second kappa shape index (κ2) is 6.41. The minimum Gasteiger partial charge on any atom is -0.352 e. The second-order valence-electron chi connectivity index (χ2n) is 4.10. The average molecular weight is 275 g/mol. The SMILES string of the molecule is O=C(NCCCc1ncn[nH]1)c1ccc([N+](=O)[O-])cc1. The van der Waals surface area contributed by atoms with Crippen LogP contribution in [0.3, 0.4) is 0 Å². The lowest BCUT2D eigenvalue weighted by Gasteiger charge is -2.04. The number of benzene rings is 1. The maximum atomic E-state index is 11.8. The number of hydrogen-bond donors (Lipinski definition) is 2. The Balaban J connectivity index is 1.78. The van der Waals surface area contributed by atoms with Crippen LogP contribution in [0.15, 0.2) is 30.6 Å². The molecule has 2 N–H and O–H groups in total. The van der Waals surface area contributed by atoms with Gasteiger partial charge in [0.1, 0.15) is 12.2 Å². The third-order valence-electron chi connectivity index (χ3n) is 2.68. The third kappa shape index (κ3) is 3.61. The largest absolute Gasteiger partial charge is 0.352 e. The molecule has 1 aromatic heterocycles. The second-order valence-corrected chi connectivity index (χ2v) is 4.10. The summed E-state index contributed by atoms with van der Waals surface area (Å²) >= 11 is 0. The van der Waals surface area contributed by atoms with Gasteiger partial charge in [0.25, 0.3) is 11.6 Å². The first-order valence-electron chi connectivity index (χ1n) is 6.03. The Morgan fingerprint density at radius 1 is 1.35 bits per heavy atom. The van der Waals surface area contributed by atoms with Crippen LogP contribution in [0.4, 0.5) is 5.69 Å². The quantitative estimate of drug-likeness (QED) is 0.465. The van der Waals surface area contributed by atoms with E-state index in [0.717, 1.165) is 12.2 Å². The molecule has 0 aliphatic rings. The molecule has 0 bridgehead atoms. The summed E-state index contributed by atoms with van der Waals surface area (Å²) in [5.41, 5.74) is 0.363. The van der Waals surface area contributed by atoms with Gasteiger partial charge in [-0.2, -0.15) is 5.10 Å². The van der Waals surface area contributed by atoms with Crippen LogP contribution in [0.25, 0.3) is 0 Å². The van der Waals surface area contributed by atoms with E-state index >= 15 is 0 Å². The highest BCUT2D eigenvalue weighted by Gasteiger charge is 2.08. The Hall–Kier alpha value is -2.77. The zero-order chi connectivity index (χ0) is 14.4. The van der Waals surface area contributed by atoms with E-state index in [1.807, 2.05) is 0 Å². The fourth-order valence-electron chi connectivity index (χ4n) is 1.65. The van der Waals surface area contributed by atoms with Crippen molar-refractivity contribution in [3.05, 3.63) is 52.1 Å². The van der Waals surface area contributed by atoms with Gasteiger partial charge in [-0.15, -0.1) is 0 Å². The summed E-state index contributed by atoms with van der Waals surface area (Å²) in [4.78, 5) is 25.7. The van der Waals surface area contributed by atoms with Gasteiger partial charge in [-0.05, 0) is 18.6 Å². The number of nitrogens with one attached hydrogen (secondary N) is 2. The zero-order valence-electron chi connectivity index (χ0n) is 10.6. The molecule has 0 saturated carbocycles. The van der Waals surface area contributed by atoms with Crippen LogP contribution in [-0.4, -0.2) is 32.6 Å². The van der Waals surface area contributed by atoms with Crippen molar-refractivity contribution in [3.63, 3.8) is 0 Å². The third-order valence-corrected chi connectivity index (χ3v) is 2.68. The predicted molar refractivity (Wildman–Crippen MR) is 70.1 cm³/mol. The fraction of sp³-hybridized carbons (Fsp3) is 0.250. The Kier molecular flexibility index (Phi) is 4.38. The standard InChI is InChI=1S/C12H13N5O3/c18-12(9-3-5-10(6-4-9)17(19)20)13-7-1-2-11-14-8-15-16-11/h3-6,8H,1-2,7H2,(H,13,18)(H,14,15,16). The van der Waals surface area contributed by atoms with Gasteiger partial charge in [0.15, 0.2) is 0 Å². The van der Waals surface area contributed by atoms with Gasteiger partial charge in [-0.3, -0.25) is 20.0 Å². The number of aromatic amines is 1. The molecular weight excluding hydrogens is 262 g/mol. The van der Waals surface area contributed by atoms with Crippen LogP contribution in [0, 0.1) is 10.1 Å². The molecule has 0 radical (unpaired) electrons. The summed E-state index contributed by atoms with van der Waals surface area (Å²) in [5, 5.41) is 19.7. The lowest BCUT2D eigenvalue weighted by molar-refractivity contribution is -0.384. The summed E-state index contributed by atoms with van der Waals surface area (Å²) in [6, 6.07) is 5.49. The van der Waals surface area contributed by atoms with Crippen molar-refractivity contribution in [2.45, 2.75) is 12.8 Å². The van der Waals surface area contributed by atoms with Crippen molar-refractivity contribution in [2.75, 3.05) is 6.54 Å². The molecule has 1 amide bonds. The van der Waals surface area contributed by atoms with E-state index in [1.54, 1.807) is 0 Å². The molecule has 0 fully saturated rings. The molecule has 1 aromatic carbocycles. The lowest BCUT2D eigenvalue weighted by Crippen LogP contribution is -2.24. The predicted octanol–water partition coefficient (Wildman–Crippen LogP) is 1.08. The van der Waals surface area contributed by atoms with Gasteiger partial charge in [-0.25, -0.2) is 4.98 Å². The number of amides is 1. The van der Waals surface area contributed by atoms with Crippen molar-refractivity contribution in [3.8, 4) is 0 Å². The summed E-state index contributed by atoms with van der Waals surface area (Å²) in [6.45, 7) is 0.497. The van der Waals surface area contributed by atoms with Crippen LogP contribution in [0.1, 0.15) is 22.6 Å². The summed E-state index contributed by atoms with van der Waals surface area (Å²) in [7, 11) is 0. The molecule has 2 aromatic rings. The summed E-state index contributed by atoms with van der Waals surface area (Å²) < 4.78 is 0. The number of hydrogen-bond acceptors (Lipinski definition) is 5. The van der Waals surface area contributed by atoms with Gasteiger partial charge in [0, 0.05) is 30.7 Å². The van der Waals surface area contributed by atoms with Gasteiger partial charge in [0.05, 0.1) is 4.92 Å². The fourth-order valence-corrected chi connectivity index (χ4v) is 1.65. The van der Waals surface area contributed by atoms with Crippen molar-refractivity contribution in [2.24, 2.45) is 0 Å². The molecule has 1 heterocycles. The zero-order valence-corrected chi connectivity index (χ0v) is 10.6. The normalized spacial score (nSPS) is 10.2. The maximum Gasteiger partial charge on any atom is 0.269 e. The smallest absolute Gasteiger partial charge is 0.269 e. The number of carbonyl (C=O) groups excluding carboxylic acids is 1. The highest BCUT2D eigenvalue weighted by Crippen LogP contribution is 2.11. The van der Waals surface area contributed by atoms with Gasteiger partial charge in [-0.1, -0.05) is 0 Å². The molecule has 0 atom stereocenters. The van der Waals surface area contributed by atoms with Crippen LogP contribution in [-0.2, 0) is 6.42 Å². The van der Waals surface area contributed by atoms with Crippen molar-refractivity contribution >= 4 is 11.6 Å². The maximum absolute atomic E-state index is 11.8. The first kappa shape index (κ1) is 13.7. The number of nitro groups is 1. The van der Waals surface area contributed by atoms with Crippen LogP contribution in [0.5, 0.6) is 0 Å². The number of non-ortho nitro benzene ring substituents is 1. The van der Waals surface area contributed by atoms with E-state index < -0.39 is 4.92 Å². The van der Waals surface area contributed by atoms with E-state index in [4.69, 9.17) is 0 Å². The highest BCUT2D eigenvalue weighted by molar-refractivity contribution is 5.94. The Bertz CT molecular complexity index is 580. The number of rotatable bonds is 6. The minimum atomic E-state index is -0.501. The number of H-pyrrole nitrogens is 1. The number of aryl methyl sites for hydroxylation is 1. The molecule has 2 rings (SSSR count). The van der Waals surface area contributed by atoms with Crippen molar-refractivity contribution in [1.29, 1.82) is 0 Å². The molecule has 0 unspecified atom stereocenters. The molecular formula is C12H13N5O3. The number of nitro benzene ring substituents is 1. The first-order valence-corrected chi connectivity index (χ1v) is 6.03. The average Bonchev–Trinajstić information content (AvgIpc) is 2.96. The van der Waals surface area contributed by atoms with Crippen LogP contribution < -0.4 is 5.32 Å². The topological polar surface area (TPSA) is 114 Å². The number of nitrogens with zero attached hydrogens (tertiary/aromatic N) is 3. The van der Waals surface area contributed by atoms with E-state index in [9.17, 15) is 14.9 Å².